The first-order chi connectivity index (χ1) is 16.5. The summed E-state index contributed by atoms with van der Waals surface area (Å²) in [6.07, 6.45) is 3.09. The minimum Gasteiger partial charge on any atom is -0.493 e. The van der Waals surface area contributed by atoms with Gasteiger partial charge in [-0.3, -0.25) is 4.79 Å². The number of rotatable bonds is 8. The summed E-state index contributed by atoms with van der Waals surface area (Å²) in [4.78, 5) is 16.4. The van der Waals surface area contributed by atoms with Gasteiger partial charge in [0.05, 0.1) is 18.2 Å². The van der Waals surface area contributed by atoms with Crippen LogP contribution >= 0.6 is 0 Å². The molecule has 0 amide bonds. The first-order valence-corrected chi connectivity index (χ1v) is 12.0. The molecule has 5 nitrogen and oxygen atoms in total. The average Bonchev–Trinajstić information content (AvgIpc) is 3.42. The minimum atomic E-state index is -0.702. The molecule has 5 rings (SSSR count). The molecule has 174 valence electrons. The van der Waals surface area contributed by atoms with Crippen LogP contribution in [0.3, 0.4) is 0 Å². The standard InChI is InChI=1S/C29H29NO4/c1-3-22(29(31)32)25-13-11-20-17-21(12-14-24(20)25)33-16-15-27-18(2)34-28(30-27)26-10-6-8-19-7-4-5-9-23(19)26/h4-10,12,14,17,22,25H,3,11,13,15-16H2,1-2H3,(H,31,32). The molecule has 1 N–H and O–H groups in total. The van der Waals surface area contributed by atoms with Gasteiger partial charge in [-0.05, 0) is 72.2 Å². The van der Waals surface area contributed by atoms with Gasteiger partial charge in [0.15, 0.2) is 0 Å². The molecule has 0 saturated heterocycles. The molecule has 3 aromatic carbocycles. The number of nitrogens with zero attached hydrogens (tertiary/aromatic N) is 1. The molecule has 2 atom stereocenters. The zero-order chi connectivity index (χ0) is 23.7. The van der Waals surface area contributed by atoms with Crippen LogP contribution in [0.5, 0.6) is 5.75 Å². The molecule has 1 heterocycles. The van der Waals surface area contributed by atoms with Crippen molar-refractivity contribution in [1.82, 2.24) is 4.98 Å². The zero-order valence-corrected chi connectivity index (χ0v) is 19.6. The predicted molar refractivity (Wildman–Crippen MR) is 132 cm³/mol. The first kappa shape index (κ1) is 22.2. The summed E-state index contributed by atoms with van der Waals surface area (Å²) < 4.78 is 12.1. The monoisotopic (exact) mass is 455 g/mol. The van der Waals surface area contributed by atoms with Gasteiger partial charge in [0.2, 0.25) is 5.89 Å². The van der Waals surface area contributed by atoms with E-state index in [4.69, 9.17) is 14.1 Å². The fraction of sp³-hybridized carbons (Fsp3) is 0.310. The summed E-state index contributed by atoms with van der Waals surface area (Å²) >= 11 is 0. The summed E-state index contributed by atoms with van der Waals surface area (Å²) in [6.45, 7) is 4.39. The molecular weight excluding hydrogens is 426 g/mol. The summed E-state index contributed by atoms with van der Waals surface area (Å²) in [7, 11) is 0. The number of benzene rings is 3. The highest BCUT2D eigenvalue weighted by Crippen LogP contribution is 2.41. The highest BCUT2D eigenvalue weighted by molar-refractivity contribution is 5.94. The van der Waals surface area contributed by atoms with Crippen molar-refractivity contribution in [2.75, 3.05) is 6.61 Å². The SMILES string of the molecule is CCC(C(=O)O)C1CCc2cc(OCCc3nc(-c4cccc5ccccc45)oc3C)ccc21. The van der Waals surface area contributed by atoms with Gasteiger partial charge in [-0.25, -0.2) is 4.98 Å². The van der Waals surface area contributed by atoms with Crippen LogP contribution in [-0.2, 0) is 17.6 Å². The van der Waals surface area contributed by atoms with Crippen molar-refractivity contribution in [3.8, 4) is 17.2 Å². The van der Waals surface area contributed by atoms with Crippen molar-refractivity contribution < 1.29 is 19.1 Å². The maximum Gasteiger partial charge on any atom is 0.307 e. The number of carboxylic acids is 1. The molecule has 4 aromatic rings. The number of aliphatic carboxylic acids is 1. The fourth-order valence-corrected chi connectivity index (χ4v) is 5.22. The van der Waals surface area contributed by atoms with Crippen LogP contribution in [0.2, 0.25) is 0 Å². The number of oxazole rings is 1. The van der Waals surface area contributed by atoms with Crippen molar-refractivity contribution in [1.29, 1.82) is 0 Å². The molecule has 0 spiro atoms. The van der Waals surface area contributed by atoms with E-state index in [0.717, 1.165) is 51.9 Å². The van der Waals surface area contributed by atoms with E-state index in [-0.39, 0.29) is 11.8 Å². The molecule has 0 aliphatic heterocycles. The maximum absolute atomic E-state index is 11.6. The van der Waals surface area contributed by atoms with E-state index < -0.39 is 5.97 Å². The van der Waals surface area contributed by atoms with Crippen LogP contribution in [0.1, 0.15) is 48.3 Å². The van der Waals surface area contributed by atoms with Crippen LogP contribution in [0.4, 0.5) is 0 Å². The van der Waals surface area contributed by atoms with Crippen molar-refractivity contribution in [3.05, 3.63) is 83.2 Å². The van der Waals surface area contributed by atoms with E-state index in [9.17, 15) is 9.90 Å². The summed E-state index contributed by atoms with van der Waals surface area (Å²) in [5.41, 5.74) is 4.26. The molecular formula is C29H29NO4. The van der Waals surface area contributed by atoms with Crippen molar-refractivity contribution in [3.63, 3.8) is 0 Å². The largest absolute Gasteiger partial charge is 0.493 e. The molecule has 1 aliphatic rings. The van der Waals surface area contributed by atoms with E-state index in [1.54, 1.807) is 0 Å². The maximum atomic E-state index is 11.6. The Morgan fingerprint density at radius 3 is 2.82 bits per heavy atom. The Morgan fingerprint density at radius 2 is 2.00 bits per heavy atom. The third-order valence-electron chi connectivity index (χ3n) is 7.00. The van der Waals surface area contributed by atoms with Gasteiger partial charge < -0.3 is 14.3 Å². The second-order valence-electron chi connectivity index (χ2n) is 9.01. The Bertz CT molecular complexity index is 1330. The van der Waals surface area contributed by atoms with Crippen molar-refractivity contribution in [2.45, 2.75) is 45.4 Å². The molecule has 1 aromatic heterocycles. The van der Waals surface area contributed by atoms with Gasteiger partial charge in [0.25, 0.3) is 0 Å². The lowest BCUT2D eigenvalue weighted by atomic mass is 9.85. The Balaban J connectivity index is 1.27. The van der Waals surface area contributed by atoms with Gasteiger partial charge >= 0.3 is 5.97 Å². The van der Waals surface area contributed by atoms with Crippen LogP contribution in [0.15, 0.2) is 65.1 Å². The molecule has 5 heteroatoms. The second kappa shape index (κ2) is 9.34. The lowest BCUT2D eigenvalue weighted by Crippen LogP contribution is -2.19. The molecule has 0 bridgehead atoms. The number of aromatic nitrogens is 1. The second-order valence-corrected chi connectivity index (χ2v) is 9.01. The van der Waals surface area contributed by atoms with Crippen LogP contribution in [-0.4, -0.2) is 22.7 Å². The van der Waals surface area contributed by atoms with Gasteiger partial charge in [0, 0.05) is 12.0 Å². The molecule has 2 unspecified atom stereocenters. The Kier molecular flexibility index (Phi) is 6.10. The topological polar surface area (TPSA) is 72.6 Å². The number of carbonyl (C=O) groups is 1. The quantitative estimate of drug-likeness (QED) is 0.325. The third kappa shape index (κ3) is 4.18. The van der Waals surface area contributed by atoms with E-state index in [2.05, 4.69) is 24.3 Å². The highest BCUT2D eigenvalue weighted by atomic mass is 16.5. The molecule has 1 aliphatic carbocycles. The normalized spacial score (nSPS) is 15.9. The van der Waals surface area contributed by atoms with Crippen molar-refractivity contribution >= 4 is 16.7 Å². The van der Waals surface area contributed by atoms with Gasteiger partial charge in [-0.1, -0.05) is 49.4 Å². The lowest BCUT2D eigenvalue weighted by molar-refractivity contribution is -0.142. The number of fused-ring (bicyclic) bond motifs is 2. The number of hydrogen-bond donors (Lipinski definition) is 1. The van der Waals surface area contributed by atoms with E-state index in [1.165, 1.54) is 5.56 Å². The van der Waals surface area contributed by atoms with Crippen LogP contribution in [0.25, 0.3) is 22.2 Å². The van der Waals surface area contributed by atoms with E-state index >= 15 is 0 Å². The predicted octanol–water partition coefficient (Wildman–Crippen LogP) is 6.57. The molecule has 0 fully saturated rings. The van der Waals surface area contributed by atoms with Crippen LogP contribution in [0, 0.1) is 12.8 Å². The Morgan fingerprint density at radius 1 is 1.18 bits per heavy atom. The highest BCUT2D eigenvalue weighted by Gasteiger charge is 2.33. The van der Waals surface area contributed by atoms with E-state index in [1.807, 2.05) is 50.2 Å². The Hall–Kier alpha value is -3.60. The molecule has 34 heavy (non-hydrogen) atoms. The molecule has 0 saturated carbocycles. The number of carboxylic acid groups (broad SMARTS) is 1. The third-order valence-corrected chi connectivity index (χ3v) is 7.00. The van der Waals surface area contributed by atoms with E-state index in [0.29, 0.717) is 25.3 Å². The summed E-state index contributed by atoms with van der Waals surface area (Å²) in [5, 5.41) is 11.8. The minimum absolute atomic E-state index is 0.0943. The van der Waals surface area contributed by atoms with Gasteiger partial charge in [0.1, 0.15) is 11.5 Å². The van der Waals surface area contributed by atoms with Gasteiger partial charge in [-0.15, -0.1) is 0 Å². The Labute approximate surface area is 199 Å². The first-order valence-electron chi connectivity index (χ1n) is 12.0. The lowest BCUT2D eigenvalue weighted by Gasteiger charge is -2.19. The molecule has 0 radical (unpaired) electrons. The smallest absolute Gasteiger partial charge is 0.307 e. The zero-order valence-electron chi connectivity index (χ0n) is 19.6. The summed E-state index contributed by atoms with van der Waals surface area (Å²) in [5.74, 6) is 1.33. The number of ether oxygens (including phenoxy) is 1. The average molecular weight is 456 g/mol. The number of aryl methyl sites for hydroxylation is 2. The number of hydrogen-bond acceptors (Lipinski definition) is 4. The fourth-order valence-electron chi connectivity index (χ4n) is 5.22. The van der Waals surface area contributed by atoms with Crippen molar-refractivity contribution in [2.24, 2.45) is 5.92 Å². The van der Waals surface area contributed by atoms with Crippen LogP contribution < -0.4 is 4.74 Å². The van der Waals surface area contributed by atoms with Gasteiger partial charge in [-0.2, -0.15) is 0 Å². The summed E-state index contributed by atoms with van der Waals surface area (Å²) in [6, 6.07) is 20.5.